The smallest absolute Gasteiger partial charge is 0.147 e. The summed E-state index contributed by atoms with van der Waals surface area (Å²) in [7, 11) is 0. The van der Waals surface area contributed by atoms with Crippen molar-refractivity contribution in [1.29, 1.82) is 0 Å². The lowest BCUT2D eigenvalue weighted by Crippen LogP contribution is -2.11. The van der Waals surface area contributed by atoms with Crippen molar-refractivity contribution in [3.05, 3.63) is 29.8 Å². The van der Waals surface area contributed by atoms with Crippen LogP contribution in [-0.2, 0) is 0 Å². The summed E-state index contributed by atoms with van der Waals surface area (Å²) >= 11 is 0. The first-order valence-electron chi connectivity index (χ1n) is 2.80. The largest absolute Gasteiger partial charge is 0.292 e. The second kappa shape index (κ2) is 3.25. The molecule has 0 bridgehead atoms. The summed E-state index contributed by atoms with van der Waals surface area (Å²) in [6.45, 7) is 0. The third kappa shape index (κ3) is 1.84. The van der Waals surface area contributed by atoms with Crippen molar-refractivity contribution < 1.29 is 13.3 Å². The minimum atomic E-state index is -0.725. The highest BCUT2D eigenvalue weighted by Gasteiger charge is 2.01. The van der Waals surface area contributed by atoms with E-state index in [4.69, 9.17) is 0 Å². The predicted molar refractivity (Wildman–Crippen MR) is 34.2 cm³/mol. The molecule has 11 heavy (non-hydrogen) atoms. The minimum Gasteiger partial charge on any atom is -0.292 e. The van der Waals surface area contributed by atoms with E-state index in [1.807, 2.05) is 0 Å². The van der Waals surface area contributed by atoms with E-state index in [1.165, 1.54) is 0 Å². The molecule has 0 aromatic heterocycles. The summed E-state index contributed by atoms with van der Waals surface area (Å²) in [5, 5.41) is 0. The molecule has 0 saturated heterocycles. The number of hydrazine groups is 1. The van der Waals surface area contributed by atoms with Crippen molar-refractivity contribution in [2.45, 2.75) is 0 Å². The van der Waals surface area contributed by atoms with Crippen LogP contribution in [0.3, 0.4) is 0 Å². The molecule has 0 fully saturated rings. The van der Waals surface area contributed by atoms with Crippen LogP contribution in [0.5, 0.6) is 0 Å². The van der Waals surface area contributed by atoms with Gasteiger partial charge in [-0.2, -0.15) is 0 Å². The van der Waals surface area contributed by atoms with Crippen molar-refractivity contribution in [1.82, 2.24) is 5.65 Å². The Balaban J connectivity index is 2.93. The Kier molecular flexibility index (Phi) is 2.32. The van der Waals surface area contributed by atoms with Crippen molar-refractivity contribution in [3.8, 4) is 0 Å². The number of anilines is 1. The lowest BCUT2D eigenvalue weighted by Gasteiger charge is -2.01. The van der Waals surface area contributed by atoms with E-state index in [2.05, 4.69) is 0 Å². The van der Waals surface area contributed by atoms with E-state index in [9.17, 15) is 13.3 Å². The van der Waals surface area contributed by atoms with E-state index in [0.29, 0.717) is 0 Å². The van der Waals surface area contributed by atoms with Crippen LogP contribution < -0.4 is 11.1 Å². The second-order valence-electron chi connectivity index (χ2n) is 1.84. The monoisotopic (exact) mass is 162 g/mol. The molecule has 5 heteroatoms. The van der Waals surface area contributed by atoms with Crippen molar-refractivity contribution in [2.24, 2.45) is 0 Å². The summed E-state index contributed by atoms with van der Waals surface area (Å²) in [4.78, 5) is 0. The van der Waals surface area contributed by atoms with Crippen molar-refractivity contribution >= 4 is 5.69 Å². The molecular weight excluding hydrogens is 157 g/mol. The SMILES string of the molecule is FNNc1cc(F)ccc1F. The quantitative estimate of drug-likeness (QED) is 0.511. The van der Waals surface area contributed by atoms with Crippen LogP contribution in [0.4, 0.5) is 18.9 Å². The molecule has 1 aromatic rings. The fourth-order valence-electron chi connectivity index (χ4n) is 0.644. The molecule has 2 N–H and O–H groups in total. The van der Waals surface area contributed by atoms with Gasteiger partial charge in [0.05, 0.1) is 5.69 Å². The van der Waals surface area contributed by atoms with E-state index < -0.39 is 11.6 Å². The third-order valence-electron chi connectivity index (χ3n) is 1.11. The Bertz CT molecular complexity index is 252. The van der Waals surface area contributed by atoms with Crippen LogP contribution in [0.1, 0.15) is 0 Å². The first-order chi connectivity index (χ1) is 5.24. The molecule has 0 spiro atoms. The lowest BCUT2D eigenvalue weighted by atomic mass is 10.3. The zero-order chi connectivity index (χ0) is 8.27. The molecule has 1 rings (SSSR count). The van der Waals surface area contributed by atoms with Crippen LogP contribution in [0.25, 0.3) is 0 Å². The maximum atomic E-state index is 12.5. The molecule has 0 aliphatic carbocycles. The van der Waals surface area contributed by atoms with Crippen LogP contribution >= 0.6 is 0 Å². The van der Waals surface area contributed by atoms with Gasteiger partial charge >= 0.3 is 0 Å². The second-order valence-corrected chi connectivity index (χ2v) is 1.84. The molecule has 0 heterocycles. The van der Waals surface area contributed by atoms with Gasteiger partial charge in [-0.1, -0.05) is 5.65 Å². The molecule has 0 aliphatic rings. The van der Waals surface area contributed by atoms with Crippen LogP contribution in [0, 0.1) is 11.6 Å². The Morgan fingerprint density at radius 3 is 2.55 bits per heavy atom. The van der Waals surface area contributed by atoms with Crippen LogP contribution in [0.2, 0.25) is 0 Å². The van der Waals surface area contributed by atoms with Gasteiger partial charge in [0.1, 0.15) is 11.6 Å². The first kappa shape index (κ1) is 7.87. The number of benzene rings is 1. The summed E-state index contributed by atoms with van der Waals surface area (Å²) < 4.78 is 36.2. The molecule has 0 saturated carbocycles. The van der Waals surface area contributed by atoms with Gasteiger partial charge in [-0.15, -0.1) is 4.48 Å². The van der Waals surface area contributed by atoms with Gasteiger partial charge in [0.25, 0.3) is 0 Å². The third-order valence-corrected chi connectivity index (χ3v) is 1.11. The van der Waals surface area contributed by atoms with Crippen molar-refractivity contribution in [3.63, 3.8) is 0 Å². The summed E-state index contributed by atoms with van der Waals surface area (Å²) in [5.41, 5.74) is 2.51. The topological polar surface area (TPSA) is 24.1 Å². The normalized spacial score (nSPS) is 9.73. The molecule has 0 unspecified atom stereocenters. The van der Waals surface area contributed by atoms with E-state index >= 15 is 0 Å². The van der Waals surface area contributed by atoms with E-state index in [0.717, 1.165) is 23.8 Å². The Morgan fingerprint density at radius 1 is 1.18 bits per heavy atom. The van der Waals surface area contributed by atoms with Gasteiger partial charge in [-0.05, 0) is 12.1 Å². The summed E-state index contributed by atoms with van der Waals surface area (Å²) in [6, 6.07) is 2.68. The highest BCUT2D eigenvalue weighted by Crippen LogP contribution is 2.13. The highest BCUT2D eigenvalue weighted by molar-refractivity contribution is 5.43. The van der Waals surface area contributed by atoms with Gasteiger partial charge in [0.2, 0.25) is 0 Å². The maximum absolute atomic E-state index is 12.5. The molecule has 60 valence electrons. The Labute approximate surface area is 60.9 Å². The highest BCUT2D eigenvalue weighted by atomic mass is 19.2. The summed E-state index contributed by atoms with van der Waals surface area (Å²) in [6.07, 6.45) is 0. The van der Waals surface area contributed by atoms with Gasteiger partial charge in [-0.25, -0.2) is 8.78 Å². The molecular formula is C6H5F3N2. The average molecular weight is 162 g/mol. The summed E-state index contributed by atoms with van der Waals surface area (Å²) in [5.74, 6) is -1.36. The number of halogens is 3. The average Bonchev–Trinajstić information content (AvgIpc) is 1.98. The van der Waals surface area contributed by atoms with E-state index in [-0.39, 0.29) is 5.69 Å². The maximum Gasteiger partial charge on any atom is 0.147 e. The number of hydrogen-bond acceptors (Lipinski definition) is 2. The molecule has 0 radical (unpaired) electrons. The Morgan fingerprint density at radius 2 is 1.91 bits per heavy atom. The van der Waals surface area contributed by atoms with Gasteiger partial charge in [-0.3, -0.25) is 5.43 Å². The predicted octanol–water partition coefficient (Wildman–Crippen LogP) is 1.77. The van der Waals surface area contributed by atoms with Crippen molar-refractivity contribution in [2.75, 3.05) is 5.43 Å². The van der Waals surface area contributed by atoms with Gasteiger partial charge in [0, 0.05) is 6.07 Å². The first-order valence-corrected chi connectivity index (χ1v) is 2.80. The number of hydrogen-bond donors (Lipinski definition) is 2. The molecule has 0 aliphatic heterocycles. The molecule has 1 aromatic carbocycles. The zero-order valence-electron chi connectivity index (χ0n) is 5.37. The van der Waals surface area contributed by atoms with Crippen LogP contribution in [0.15, 0.2) is 18.2 Å². The lowest BCUT2D eigenvalue weighted by molar-refractivity contribution is 0.374. The fraction of sp³-hybridized carbons (Fsp3) is 0. The van der Waals surface area contributed by atoms with Gasteiger partial charge < -0.3 is 0 Å². The molecule has 0 amide bonds. The van der Waals surface area contributed by atoms with Gasteiger partial charge in [0.15, 0.2) is 0 Å². The Hall–Kier alpha value is -1.23. The standard InChI is InChI=1S/C6H5F3N2/c7-4-1-2-5(8)6(3-4)10-11-9/h1-3,10-11H. The molecule has 0 atom stereocenters. The number of rotatable bonds is 2. The fourth-order valence-corrected chi connectivity index (χ4v) is 0.644. The van der Waals surface area contributed by atoms with E-state index in [1.54, 1.807) is 5.43 Å². The minimum absolute atomic E-state index is 0.271. The number of nitrogens with one attached hydrogen (secondary N) is 2. The van der Waals surface area contributed by atoms with Crippen LogP contribution in [-0.4, -0.2) is 0 Å². The molecule has 2 nitrogen and oxygen atoms in total. The zero-order valence-corrected chi connectivity index (χ0v) is 5.37.